The lowest BCUT2D eigenvalue weighted by Gasteiger charge is -2.23. The summed E-state index contributed by atoms with van der Waals surface area (Å²) in [7, 11) is 1.40. The van der Waals surface area contributed by atoms with Gasteiger partial charge in [0.05, 0.1) is 17.9 Å². The first-order valence-electron chi connectivity index (χ1n) is 13.5. The molecule has 9 heteroatoms. The number of fused-ring (bicyclic) bond motifs is 1. The van der Waals surface area contributed by atoms with E-state index < -0.39 is 5.41 Å². The highest BCUT2D eigenvalue weighted by Crippen LogP contribution is 2.44. The first-order chi connectivity index (χ1) is 19.8. The van der Waals surface area contributed by atoms with Gasteiger partial charge in [-0.15, -0.1) is 0 Å². The van der Waals surface area contributed by atoms with E-state index in [1.807, 2.05) is 37.3 Å². The first kappa shape index (κ1) is 27.9. The summed E-state index contributed by atoms with van der Waals surface area (Å²) >= 11 is 0. The molecule has 1 aliphatic rings. The molecule has 0 saturated heterocycles. The normalized spacial score (nSPS) is 15.8. The van der Waals surface area contributed by atoms with Gasteiger partial charge in [0.15, 0.2) is 0 Å². The van der Waals surface area contributed by atoms with Crippen LogP contribution in [0.5, 0.6) is 5.75 Å². The van der Waals surface area contributed by atoms with Gasteiger partial charge in [0, 0.05) is 41.2 Å². The highest BCUT2D eigenvalue weighted by Gasteiger charge is 2.40. The Kier molecular flexibility index (Phi) is 8.04. The van der Waals surface area contributed by atoms with E-state index in [0.29, 0.717) is 48.1 Å². The van der Waals surface area contributed by atoms with E-state index in [0.717, 1.165) is 28.1 Å². The van der Waals surface area contributed by atoms with E-state index in [1.165, 1.54) is 13.0 Å². The highest BCUT2D eigenvalue weighted by atomic mass is 16.5. The van der Waals surface area contributed by atoms with Crippen LogP contribution >= 0.6 is 0 Å². The molecule has 1 unspecified atom stereocenters. The maximum Gasteiger partial charge on any atom is 0.329 e. The van der Waals surface area contributed by atoms with Crippen molar-refractivity contribution in [3.63, 3.8) is 0 Å². The number of carbonyl (C=O) groups excluding carboxylic acids is 1. The van der Waals surface area contributed by atoms with Crippen molar-refractivity contribution in [1.82, 2.24) is 9.97 Å². The molecule has 1 aromatic heterocycles. The largest absolute Gasteiger partial charge is 0.489 e. The highest BCUT2D eigenvalue weighted by molar-refractivity contribution is 6.70. The number of anilines is 3. The molecule has 205 valence electrons. The number of nitriles is 1. The number of carbonyl (C=O) groups is 1. The predicted molar refractivity (Wildman–Crippen MR) is 161 cm³/mol. The van der Waals surface area contributed by atoms with E-state index in [1.54, 1.807) is 23.1 Å². The molecule has 1 atom stereocenters. The summed E-state index contributed by atoms with van der Waals surface area (Å²) in [5.74, 6) is 1.60. The smallest absolute Gasteiger partial charge is 0.329 e. The minimum Gasteiger partial charge on any atom is -0.489 e. The number of hydrogen-bond donors (Lipinski definition) is 2. The van der Waals surface area contributed by atoms with Crippen molar-refractivity contribution in [1.29, 1.82) is 5.26 Å². The molecule has 0 aliphatic carbocycles. The van der Waals surface area contributed by atoms with Crippen molar-refractivity contribution in [2.45, 2.75) is 38.7 Å². The standard InChI is InChI=1S/C32H31BN5O3/c1-21(2)23-9-7-22(8-10-23)17-41-27-6-4-5-26(15-27)36-31-35-12-11-29(37-31)24-13-25(16-34)30-28(14-24)32(3,19-39)18-38(30)33-20-40/h4-15,20-21,39H,17-19H2,1-3H3,(H,35,36,37). The average Bonchev–Trinajstić information content (AvgIpc) is 3.28. The number of nitrogens with zero attached hydrogens (tertiary/aromatic N) is 4. The number of ether oxygens (including phenoxy) is 1. The number of hydrogen-bond acceptors (Lipinski definition) is 8. The maximum absolute atomic E-state index is 11.2. The van der Waals surface area contributed by atoms with Crippen molar-refractivity contribution in [2.75, 3.05) is 23.3 Å². The van der Waals surface area contributed by atoms with E-state index >= 15 is 0 Å². The monoisotopic (exact) mass is 544 g/mol. The number of aliphatic hydroxyl groups is 1. The molecule has 0 amide bonds. The van der Waals surface area contributed by atoms with Gasteiger partial charge < -0.3 is 24.8 Å². The van der Waals surface area contributed by atoms with Crippen LogP contribution in [0.2, 0.25) is 0 Å². The Hall–Kier alpha value is -4.68. The Balaban J connectivity index is 1.36. The third-order valence-corrected chi connectivity index (χ3v) is 7.37. The lowest BCUT2D eigenvalue weighted by atomic mass is 9.83. The summed E-state index contributed by atoms with van der Waals surface area (Å²) in [5.41, 5.74) is 5.71. The summed E-state index contributed by atoms with van der Waals surface area (Å²) in [4.78, 5) is 22.0. The summed E-state index contributed by atoms with van der Waals surface area (Å²) in [6, 6.07) is 23.8. The van der Waals surface area contributed by atoms with Crippen LogP contribution in [0.15, 0.2) is 72.9 Å². The molecule has 2 N–H and O–H groups in total. The molecule has 0 saturated carbocycles. The van der Waals surface area contributed by atoms with Crippen molar-refractivity contribution in [3.05, 3.63) is 95.2 Å². The van der Waals surface area contributed by atoms with Crippen LogP contribution in [0.1, 0.15) is 48.9 Å². The van der Waals surface area contributed by atoms with Crippen LogP contribution in [0.4, 0.5) is 17.3 Å². The van der Waals surface area contributed by atoms with Gasteiger partial charge in [-0.2, -0.15) is 5.26 Å². The third-order valence-electron chi connectivity index (χ3n) is 7.37. The first-order valence-corrected chi connectivity index (χ1v) is 13.5. The number of benzene rings is 3. The fourth-order valence-corrected chi connectivity index (χ4v) is 5.05. The number of nitrogens with one attached hydrogen (secondary N) is 1. The molecule has 2 heterocycles. The molecule has 0 fully saturated rings. The van der Waals surface area contributed by atoms with Gasteiger partial charge in [0.1, 0.15) is 24.6 Å². The van der Waals surface area contributed by atoms with E-state index in [-0.39, 0.29) is 6.61 Å². The van der Waals surface area contributed by atoms with Crippen LogP contribution in [0, 0.1) is 11.3 Å². The molecule has 1 aliphatic heterocycles. The molecule has 1 radical (unpaired) electrons. The van der Waals surface area contributed by atoms with Gasteiger partial charge >= 0.3 is 7.41 Å². The zero-order valence-electron chi connectivity index (χ0n) is 23.3. The fourth-order valence-electron chi connectivity index (χ4n) is 5.05. The molecule has 8 nitrogen and oxygen atoms in total. The molecule has 5 rings (SSSR count). The minimum atomic E-state index is -0.637. The van der Waals surface area contributed by atoms with Crippen LogP contribution in [-0.2, 0) is 16.8 Å². The summed E-state index contributed by atoms with van der Waals surface area (Å²) in [6.45, 7) is 6.99. The van der Waals surface area contributed by atoms with Crippen molar-refractivity contribution < 1.29 is 14.6 Å². The van der Waals surface area contributed by atoms with Crippen LogP contribution in [0.3, 0.4) is 0 Å². The van der Waals surface area contributed by atoms with Gasteiger partial charge in [-0.25, -0.2) is 9.97 Å². The minimum absolute atomic E-state index is 0.129. The second kappa shape index (κ2) is 11.8. The molecular formula is C32H31BN5O3. The average molecular weight is 544 g/mol. The van der Waals surface area contributed by atoms with Crippen molar-refractivity contribution >= 4 is 30.9 Å². The molecule has 0 spiro atoms. The molecular weight excluding hydrogens is 513 g/mol. The Bertz CT molecular complexity index is 1600. The Labute approximate surface area is 240 Å². The second-order valence-electron chi connectivity index (χ2n) is 10.8. The zero-order valence-corrected chi connectivity index (χ0v) is 23.3. The lowest BCUT2D eigenvalue weighted by molar-refractivity contribution is 0.217. The van der Waals surface area contributed by atoms with Gasteiger partial charge in [0.2, 0.25) is 5.95 Å². The van der Waals surface area contributed by atoms with Gasteiger partial charge in [0.25, 0.3) is 0 Å². The number of aromatic nitrogens is 2. The zero-order chi connectivity index (χ0) is 29.0. The van der Waals surface area contributed by atoms with E-state index in [9.17, 15) is 15.2 Å². The Morgan fingerprint density at radius 1 is 1.20 bits per heavy atom. The van der Waals surface area contributed by atoms with E-state index in [2.05, 4.69) is 54.5 Å². The lowest BCUT2D eigenvalue weighted by Crippen LogP contribution is -2.36. The van der Waals surface area contributed by atoms with Crippen LogP contribution in [0.25, 0.3) is 11.3 Å². The Morgan fingerprint density at radius 2 is 2.00 bits per heavy atom. The Morgan fingerprint density at radius 3 is 2.71 bits per heavy atom. The molecule has 41 heavy (non-hydrogen) atoms. The third kappa shape index (κ3) is 5.93. The second-order valence-corrected chi connectivity index (χ2v) is 10.8. The SMILES string of the molecule is CC(C)c1ccc(COc2cccc(Nc3nccc(-c4cc(C#N)c5c(c4)C(C)(CO)CN5[B]C=O)n3)c2)cc1. The maximum atomic E-state index is 11.2. The number of rotatable bonds is 10. The molecule has 4 aromatic rings. The van der Waals surface area contributed by atoms with Crippen LogP contribution in [-0.4, -0.2) is 41.8 Å². The summed E-state index contributed by atoms with van der Waals surface area (Å²) in [5, 5.41) is 23.4. The molecule has 3 aromatic carbocycles. The summed E-state index contributed by atoms with van der Waals surface area (Å²) in [6.07, 6.45) is 2.34. The van der Waals surface area contributed by atoms with Gasteiger partial charge in [-0.05, 0) is 52.9 Å². The van der Waals surface area contributed by atoms with Crippen LogP contribution < -0.4 is 14.9 Å². The molecule has 0 bridgehead atoms. The quantitative estimate of drug-likeness (QED) is 0.203. The van der Waals surface area contributed by atoms with Crippen molar-refractivity contribution in [2.24, 2.45) is 0 Å². The number of aliphatic hydroxyl groups excluding tert-OH is 1. The topological polar surface area (TPSA) is 111 Å². The van der Waals surface area contributed by atoms with Crippen molar-refractivity contribution in [3.8, 4) is 23.1 Å². The predicted octanol–water partition coefficient (Wildman–Crippen LogP) is 5.34. The van der Waals surface area contributed by atoms with Gasteiger partial charge in [-0.1, -0.05) is 51.1 Å². The summed E-state index contributed by atoms with van der Waals surface area (Å²) < 4.78 is 6.03. The van der Waals surface area contributed by atoms with E-state index in [4.69, 9.17) is 9.72 Å². The fraction of sp³-hybridized carbons (Fsp3) is 0.250. The van der Waals surface area contributed by atoms with Gasteiger partial charge in [-0.3, -0.25) is 0 Å².